The van der Waals surface area contributed by atoms with Crippen LogP contribution in [-0.2, 0) is 17.6 Å². The van der Waals surface area contributed by atoms with Crippen molar-refractivity contribution >= 4 is 5.97 Å². The van der Waals surface area contributed by atoms with Crippen molar-refractivity contribution in [2.75, 3.05) is 0 Å². The zero-order chi connectivity index (χ0) is 15.5. The Kier molecular flexibility index (Phi) is 8.76. The van der Waals surface area contributed by atoms with E-state index in [1.165, 1.54) is 49.7 Å². The summed E-state index contributed by atoms with van der Waals surface area (Å²) in [7, 11) is 0. The first-order chi connectivity index (χ1) is 10.1. The van der Waals surface area contributed by atoms with Gasteiger partial charge in [0.1, 0.15) is 6.04 Å². The SMILES string of the molecule is CCCCCCCCc1ccc(CCC(N)C(=O)O)cc1. The summed E-state index contributed by atoms with van der Waals surface area (Å²) in [6, 6.07) is 7.76. The fourth-order valence-corrected chi connectivity index (χ4v) is 2.43. The van der Waals surface area contributed by atoms with Crippen LogP contribution in [0.3, 0.4) is 0 Å². The molecule has 0 heterocycles. The Labute approximate surface area is 128 Å². The second kappa shape index (κ2) is 10.4. The van der Waals surface area contributed by atoms with Gasteiger partial charge in [0.2, 0.25) is 0 Å². The lowest BCUT2D eigenvalue weighted by Gasteiger charge is -2.07. The van der Waals surface area contributed by atoms with Crippen molar-refractivity contribution in [3.05, 3.63) is 35.4 Å². The fraction of sp³-hybridized carbons (Fsp3) is 0.611. The Morgan fingerprint density at radius 1 is 1.00 bits per heavy atom. The van der Waals surface area contributed by atoms with Gasteiger partial charge in [-0.2, -0.15) is 0 Å². The molecule has 0 spiro atoms. The highest BCUT2D eigenvalue weighted by atomic mass is 16.4. The summed E-state index contributed by atoms with van der Waals surface area (Å²) in [5, 5.41) is 8.75. The molecule has 21 heavy (non-hydrogen) atoms. The third kappa shape index (κ3) is 7.86. The highest BCUT2D eigenvalue weighted by Crippen LogP contribution is 2.12. The van der Waals surface area contributed by atoms with Crippen molar-refractivity contribution in [1.29, 1.82) is 0 Å². The van der Waals surface area contributed by atoms with Gasteiger partial charge in [0.05, 0.1) is 0 Å². The minimum atomic E-state index is -0.922. The number of benzene rings is 1. The first-order valence-corrected chi connectivity index (χ1v) is 8.19. The number of rotatable bonds is 11. The zero-order valence-electron chi connectivity index (χ0n) is 13.2. The number of carboxylic acid groups (broad SMARTS) is 1. The number of aryl methyl sites for hydroxylation is 2. The Morgan fingerprint density at radius 2 is 1.52 bits per heavy atom. The molecule has 1 aromatic carbocycles. The van der Waals surface area contributed by atoms with E-state index in [1.807, 2.05) is 0 Å². The van der Waals surface area contributed by atoms with Crippen molar-refractivity contribution in [3.8, 4) is 0 Å². The molecule has 1 aromatic rings. The Hall–Kier alpha value is -1.35. The van der Waals surface area contributed by atoms with Gasteiger partial charge in [-0.1, -0.05) is 63.3 Å². The van der Waals surface area contributed by atoms with Gasteiger partial charge >= 0.3 is 5.97 Å². The third-order valence-corrected chi connectivity index (χ3v) is 3.90. The van der Waals surface area contributed by atoms with Crippen LogP contribution in [0.5, 0.6) is 0 Å². The average molecular weight is 291 g/mol. The van der Waals surface area contributed by atoms with Crippen LogP contribution in [0.1, 0.15) is 63.0 Å². The quantitative estimate of drug-likeness (QED) is 0.607. The van der Waals surface area contributed by atoms with Crippen LogP contribution in [-0.4, -0.2) is 17.1 Å². The largest absolute Gasteiger partial charge is 0.480 e. The van der Waals surface area contributed by atoms with E-state index < -0.39 is 12.0 Å². The lowest BCUT2D eigenvalue weighted by molar-refractivity contribution is -0.138. The Morgan fingerprint density at radius 3 is 2.10 bits per heavy atom. The summed E-state index contributed by atoms with van der Waals surface area (Å²) in [5.41, 5.74) is 8.05. The molecule has 0 aromatic heterocycles. The van der Waals surface area contributed by atoms with E-state index in [4.69, 9.17) is 10.8 Å². The lowest BCUT2D eigenvalue weighted by atomic mass is 10.0. The average Bonchev–Trinajstić information content (AvgIpc) is 2.49. The molecule has 1 atom stereocenters. The highest BCUT2D eigenvalue weighted by molar-refractivity contribution is 5.73. The van der Waals surface area contributed by atoms with Crippen molar-refractivity contribution in [2.45, 2.75) is 70.8 Å². The lowest BCUT2D eigenvalue weighted by Crippen LogP contribution is -2.30. The van der Waals surface area contributed by atoms with Crippen molar-refractivity contribution in [1.82, 2.24) is 0 Å². The molecule has 0 saturated heterocycles. The van der Waals surface area contributed by atoms with E-state index in [1.54, 1.807) is 0 Å². The molecule has 1 rings (SSSR count). The van der Waals surface area contributed by atoms with E-state index in [2.05, 4.69) is 31.2 Å². The van der Waals surface area contributed by atoms with Crippen LogP contribution in [0.2, 0.25) is 0 Å². The predicted octanol–water partition coefficient (Wildman–Crippen LogP) is 3.93. The summed E-state index contributed by atoms with van der Waals surface area (Å²) in [6.45, 7) is 2.24. The van der Waals surface area contributed by atoms with E-state index in [9.17, 15) is 4.79 Å². The summed E-state index contributed by atoms with van der Waals surface area (Å²) < 4.78 is 0. The first kappa shape index (κ1) is 17.7. The molecule has 0 fully saturated rings. The molecule has 0 aliphatic carbocycles. The zero-order valence-corrected chi connectivity index (χ0v) is 13.2. The van der Waals surface area contributed by atoms with Crippen molar-refractivity contribution < 1.29 is 9.90 Å². The highest BCUT2D eigenvalue weighted by Gasteiger charge is 2.10. The van der Waals surface area contributed by atoms with E-state index in [0.717, 1.165) is 12.8 Å². The molecule has 0 radical (unpaired) electrons. The molecule has 0 amide bonds. The summed E-state index contributed by atoms with van der Waals surface area (Å²) >= 11 is 0. The van der Waals surface area contributed by atoms with Gasteiger partial charge in [-0.05, 0) is 36.8 Å². The van der Waals surface area contributed by atoms with Gasteiger partial charge in [0.15, 0.2) is 0 Å². The number of nitrogens with two attached hydrogens (primary N) is 1. The number of unbranched alkanes of at least 4 members (excludes halogenated alkanes) is 5. The Bertz CT molecular complexity index is 400. The van der Waals surface area contributed by atoms with Crippen molar-refractivity contribution in [3.63, 3.8) is 0 Å². The molecule has 0 saturated carbocycles. The molecule has 0 aliphatic rings. The van der Waals surface area contributed by atoms with Crippen LogP contribution in [0.25, 0.3) is 0 Å². The van der Waals surface area contributed by atoms with Gasteiger partial charge < -0.3 is 10.8 Å². The van der Waals surface area contributed by atoms with Gasteiger partial charge in [-0.25, -0.2) is 0 Å². The molecule has 3 nitrogen and oxygen atoms in total. The minimum Gasteiger partial charge on any atom is -0.480 e. The molecule has 3 heteroatoms. The standard InChI is InChI=1S/C18H29NO2/c1-2-3-4-5-6-7-8-15-9-11-16(12-10-15)13-14-17(19)18(20)21/h9-12,17H,2-8,13-14,19H2,1H3,(H,20,21). The number of hydrogen-bond donors (Lipinski definition) is 2. The van der Waals surface area contributed by atoms with Gasteiger partial charge in [-0.15, -0.1) is 0 Å². The van der Waals surface area contributed by atoms with Crippen molar-refractivity contribution in [2.24, 2.45) is 5.73 Å². The fourth-order valence-electron chi connectivity index (χ4n) is 2.43. The monoisotopic (exact) mass is 291 g/mol. The maximum absolute atomic E-state index is 10.7. The molecule has 3 N–H and O–H groups in total. The molecule has 0 aliphatic heterocycles. The van der Waals surface area contributed by atoms with E-state index in [0.29, 0.717) is 6.42 Å². The van der Waals surface area contributed by atoms with Gasteiger partial charge in [-0.3, -0.25) is 4.79 Å². The topological polar surface area (TPSA) is 63.3 Å². The molecule has 1 unspecified atom stereocenters. The minimum absolute atomic E-state index is 0.492. The maximum atomic E-state index is 10.7. The molecule has 0 bridgehead atoms. The number of carboxylic acids is 1. The normalized spacial score (nSPS) is 12.3. The third-order valence-electron chi connectivity index (χ3n) is 3.90. The van der Waals surface area contributed by atoms with Gasteiger partial charge in [0, 0.05) is 0 Å². The summed E-state index contributed by atoms with van der Waals surface area (Å²) in [6.07, 6.45) is 10.3. The second-order valence-corrected chi connectivity index (χ2v) is 5.82. The molecular formula is C18H29NO2. The second-order valence-electron chi connectivity index (χ2n) is 5.82. The molecule has 118 valence electrons. The van der Waals surface area contributed by atoms with Crippen LogP contribution in [0.15, 0.2) is 24.3 Å². The van der Waals surface area contributed by atoms with Crippen LogP contribution < -0.4 is 5.73 Å². The summed E-state index contributed by atoms with van der Waals surface area (Å²) in [5.74, 6) is -0.922. The molecular weight excluding hydrogens is 262 g/mol. The maximum Gasteiger partial charge on any atom is 0.320 e. The number of hydrogen-bond acceptors (Lipinski definition) is 2. The smallest absolute Gasteiger partial charge is 0.320 e. The predicted molar refractivity (Wildman–Crippen MR) is 87.5 cm³/mol. The number of carbonyl (C=O) groups is 1. The van der Waals surface area contributed by atoms with E-state index >= 15 is 0 Å². The van der Waals surface area contributed by atoms with Crippen LogP contribution in [0, 0.1) is 0 Å². The number of aliphatic carboxylic acids is 1. The summed E-state index contributed by atoms with van der Waals surface area (Å²) in [4.78, 5) is 10.7. The first-order valence-electron chi connectivity index (χ1n) is 8.19. The van der Waals surface area contributed by atoms with Crippen LogP contribution >= 0.6 is 0 Å². The van der Waals surface area contributed by atoms with Gasteiger partial charge in [0.25, 0.3) is 0 Å². The van der Waals surface area contributed by atoms with Crippen LogP contribution in [0.4, 0.5) is 0 Å². The Balaban J connectivity index is 2.22. The van der Waals surface area contributed by atoms with E-state index in [-0.39, 0.29) is 0 Å².